The number of rotatable bonds is 5. The van der Waals surface area contributed by atoms with Gasteiger partial charge in [0.15, 0.2) is 5.76 Å². The van der Waals surface area contributed by atoms with Crippen molar-refractivity contribution < 1.29 is 31.9 Å². The van der Waals surface area contributed by atoms with Crippen molar-refractivity contribution in [1.29, 1.82) is 0 Å². The van der Waals surface area contributed by atoms with E-state index in [1.807, 2.05) is 0 Å². The molecule has 0 unspecified atom stereocenters. The summed E-state index contributed by atoms with van der Waals surface area (Å²) in [5.74, 6) is -1.26. The fourth-order valence-electron chi connectivity index (χ4n) is 1.93. The SMILES string of the molecule is O=C([O-])/C(=C\c1cccc(C(F)(F)F)c1)Sc1nnc(-c2ccco2)o1. The number of alkyl halides is 3. The topological polar surface area (TPSA) is 92.2 Å². The molecule has 0 bridgehead atoms. The standard InChI is InChI=1S/C16H9F3N2O4S/c17-16(18,19)10-4-1-3-9(7-10)8-12(14(22)23)26-15-21-20-13(25-15)11-5-2-6-24-11/h1-8H,(H,22,23)/p-1/b12-8+. The molecule has 0 aliphatic heterocycles. The maximum atomic E-state index is 12.8. The normalized spacial score (nSPS) is 12.3. The molecular weight excluding hydrogens is 373 g/mol. The summed E-state index contributed by atoms with van der Waals surface area (Å²) in [5, 5.41) is 18.5. The van der Waals surface area contributed by atoms with Crippen molar-refractivity contribution in [2.45, 2.75) is 11.4 Å². The number of hydrogen-bond donors (Lipinski definition) is 0. The molecule has 26 heavy (non-hydrogen) atoms. The number of benzene rings is 1. The van der Waals surface area contributed by atoms with Crippen molar-refractivity contribution >= 4 is 23.8 Å². The van der Waals surface area contributed by atoms with Crippen molar-refractivity contribution in [2.24, 2.45) is 0 Å². The predicted octanol–water partition coefficient (Wildman–Crippen LogP) is 3.23. The predicted molar refractivity (Wildman–Crippen MR) is 82.3 cm³/mol. The Hall–Kier alpha value is -3.01. The van der Waals surface area contributed by atoms with Crippen LogP contribution >= 0.6 is 11.8 Å². The quantitative estimate of drug-likeness (QED) is 0.495. The molecule has 0 saturated carbocycles. The zero-order valence-corrected chi connectivity index (χ0v) is 13.5. The van der Waals surface area contributed by atoms with Gasteiger partial charge in [-0.25, -0.2) is 0 Å². The van der Waals surface area contributed by atoms with E-state index in [1.165, 1.54) is 18.4 Å². The third-order valence-corrected chi connectivity index (χ3v) is 3.89. The second-order valence-corrected chi connectivity index (χ2v) is 5.86. The van der Waals surface area contributed by atoms with Gasteiger partial charge >= 0.3 is 6.18 Å². The minimum atomic E-state index is -4.54. The van der Waals surface area contributed by atoms with Gasteiger partial charge in [0, 0.05) is 4.91 Å². The molecule has 0 saturated heterocycles. The number of hydrogen-bond acceptors (Lipinski definition) is 7. The van der Waals surface area contributed by atoms with Gasteiger partial charge in [-0.15, -0.1) is 10.2 Å². The van der Waals surface area contributed by atoms with E-state index in [4.69, 9.17) is 8.83 Å². The average molecular weight is 381 g/mol. The first kappa shape index (κ1) is 17.8. The van der Waals surface area contributed by atoms with E-state index in [9.17, 15) is 23.1 Å². The molecule has 0 amide bonds. The summed E-state index contributed by atoms with van der Waals surface area (Å²) in [6, 6.07) is 7.39. The van der Waals surface area contributed by atoms with E-state index in [-0.39, 0.29) is 21.6 Å². The average Bonchev–Trinajstić information content (AvgIpc) is 3.25. The summed E-state index contributed by atoms with van der Waals surface area (Å²) in [6.45, 7) is 0. The maximum Gasteiger partial charge on any atom is 0.416 e. The van der Waals surface area contributed by atoms with Crippen molar-refractivity contribution in [3.63, 3.8) is 0 Å². The molecule has 0 atom stereocenters. The Labute approximate surface area is 148 Å². The summed E-state index contributed by atoms with van der Waals surface area (Å²) in [5.41, 5.74) is -0.857. The Morgan fingerprint density at radius 2 is 2.00 bits per heavy atom. The Kier molecular flexibility index (Phi) is 4.85. The summed E-state index contributed by atoms with van der Waals surface area (Å²) < 4.78 is 48.6. The Bertz CT molecular complexity index is 949. The molecule has 3 rings (SSSR count). The van der Waals surface area contributed by atoms with Gasteiger partial charge < -0.3 is 18.7 Å². The van der Waals surface area contributed by atoms with E-state index in [0.717, 1.165) is 18.2 Å². The fraction of sp³-hybridized carbons (Fsp3) is 0.0625. The van der Waals surface area contributed by atoms with Crippen LogP contribution in [0.5, 0.6) is 0 Å². The highest BCUT2D eigenvalue weighted by Crippen LogP contribution is 2.32. The third-order valence-electron chi connectivity index (χ3n) is 3.05. The summed E-state index contributed by atoms with van der Waals surface area (Å²) in [6.07, 6.45) is -2.11. The van der Waals surface area contributed by atoms with E-state index in [1.54, 1.807) is 12.1 Å². The number of carbonyl (C=O) groups is 1. The molecule has 2 aromatic heterocycles. The minimum Gasteiger partial charge on any atom is -0.544 e. The minimum absolute atomic E-state index is 0.0364. The lowest BCUT2D eigenvalue weighted by Gasteiger charge is -2.08. The highest BCUT2D eigenvalue weighted by atomic mass is 32.2. The van der Waals surface area contributed by atoms with Gasteiger partial charge in [-0.3, -0.25) is 0 Å². The van der Waals surface area contributed by atoms with Crippen LogP contribution in [0.15, 0.2) is 61.6 Å². The lowest BCUT2D eigenvalue weighted by Crippen LogP contribution is -2.23. The van der Waals surface area contributed by atoms with Crippen LogP contribution in [0, 0.1) is 0 Å². The second-order valence-electron chi connectivity index (χ2n) is 4.87. The largest absolute Gasteiger partial charge is 0.544 e. The van der Waals surface area contributed by atoms with E-state index >= 15 is 0 Å². The number of thioether (sulfide) groups is 1. The number of carbonyl (C=O) groups excluding carboxylic acids is 1. The van der Waals surface area contributed by atoms with Crippen LogP contribution < -0.4 is 5.11 Å². The molecule has 0 aliphatic rings. The molecule has 6 nitrogen and oxygen atoms in total. The highest BCUT2D eigenvalue weighted by molar-refractivity contribution is 8.03. The van der Waals surface area contributed by atoms with Crippen molar-refractivity contribution in [3.05, 3.63) is 58.7 Å². The number of halogens is 3. The first-order chi connectivity index (χ1) is 12.3. The van der Waals surface area contributed by atoms with Gasteiger partial charge in [0.05, 0.1) is 17.8 Å². The monoisotopic (exact) mass is 381 g/mol. The number of carboxylic acids is 1. The highest BCUT2D eigenvalue weighted by Gasteiger charge is 2.30. The van der Waals surface area contributed by atoms with Gasteiger partial charge in [0.2, 0.25) is 0 Å². The Morgan fingerprint density at radius 3 is 2.65 bits per heavy atom. The molecule has 3 aromatic rings. The van der Waals surface area contributed by atoms with E-state index in [0.29, 0.717) is 17.5 Å². The smallest absolute Gasteiger partial charge is 0.416 e. The maximum absolute atomic E-state index is 12.8. The molecule has 0 fully saturated rings. The first-order valence-electron chi connectivity index (χ1n) is 6.98. The number of furan rings is 1. The zero-order chi connectivity index (χ0) is 18.7. The Balaban J connectivity index is 1.86. The molecule has 0 N–H and O–H groups in total. The van der Waals surface area contributed by atoms with Crippen LogP contribution in [0.2, 0.25) is 0 Å². The number of aliphatic carboxylic acids is 1. The fourth-order valence-corrected chi connectivity index (χ4v) is 2.60. The molecule has 0 spiro atoms. The molecule has 0 radical (unpaired) electrons. The summed E-state index contributed by atoms with van der Waals surface area (Å²) in [7, 11) is 0. The number of carboxylic acid groups (broad SMARTS) is 1. The van der Waals surface area contributed by atoms with Crippen molar-refractivity contribution in [3.8, 4) is 11.7 Å². The van der Waals surface area contributed by atoms with Crippen LogP contribution in [0.3, 0.4) is 0 Å². The molecule has 134 valence electrons. The molecule has 10 heteroatoms. The Morgan fingerprint density at radius 1 is 1.19 bits per heavy atom. The summed E-state index contributed by atoms with van der Waals surface area (Å²) in [4.78, 5) is 10.9. The van der Waals surface area contributed by atoms with Crippen LogP contribution in [0.25, 0.3) is 17.7 Å². The first-order valence-corrected chi connectivity index (χ1v) is 7.80. The van der Waals surface area contributed by atoms with Crippen molar-refractivity contribution in [2.75, 3.05) is 0 Å². The lowest BCUT2D eigenvalue weighted by molar-refractivity contribution is -0.298. The summed E-state index contributed by atoms with van der Waals surface area (Å²) >= 11 is 0.559. The van der Waals surface area contributed by atoms with Gasteiger partial charge in [0.1, 0.15) is 0 Å². The van der Waals surface area contributed by atoms with Crippen LogP contribution in [-0.2, 0) is 11.0 Å². The van der Waals surface area contributed by atoms with Gasteiger partial charge in [-0.05, 0) is 47.7 Å². The number of aromatic nitrogens is 2. The molecule has 1 aromatic carbocycles. The van der Waals surface area contributed by atoms with E-state index < -0.39 is 17.7 Å². The molecule has 2 heterocycles. The number of nitrogens with zero attached hydrogens (tertiary/aromatic N) is 2. The lowest BCUT2D eigenvalue weighted by atomic mass is 10.1. The second kappa shape index (κ2) is 7.08. The van der Waals surface area contributed by atoms with Crippen molar-refractivity contribution in [1.82, 2.24) is 10.2 Å². The molecule has 0 aliphatic carbocycles. The van der Waals surface area contributed by atoms with Gasteiger partial charge in [-0.1, -0.05) is 12.1 Å². The third kappa shape index (κ3) is 4.14. The zero-order valence-electron chi connectivity index (χ0n) is 12.7. The van der Waals surface area contributed by atoms with E-state index in [2.05, 4.69) is 10.2 Å². The van der Waals surface area contributed by atoms with Crippen LogP contribution in [0.4, 0.5) is 13.2 Å². The van der Waals surface area contributed by atoms with Gasteiger partial charge in [0.25, 0.3) is 11.1 Å². The molecular formula is C16H8F3N2O4S-. The van der Waals surface area contributed by atoms with Crippen LogP contribution in [-0.4, -0.2) is 16.2 Å². The van der Waals surface area contributed by atoms with Gasteiger partial charge in [-0.2, -0.15) is 13.2 Å². The van der Waals surface area contributed by atoms with Crippen LogP contribution in [0.1, 0.15) is 11.1 Å².